The van der Waals surface area contributed by atoms with E-state index in [1.54, 1.807) is 4.90 Å². The van der Waals surface area contributed by atoms with Crippen molar-refractivity contribution in [2.24, 2.45) is 0 Å². The van der Waals surface area contributed by atoms with Crippen LogP contribution < -0.4 is 0 Å². The number of carbonyl (C=O) groups is 1. The summed E-state index contributed by atoms with van der Waals surface area (Å²) in [6, 6.07) is 0.157. The average molecular weight is 251 g/mol. The summed E-state index contributed by atoms with van der Waals surface area (Å²) in [5, 5.41) is 10.3. The van der Waals surface area contributed by atoms with Gasteiger partial charge >= 0.3 is 0 Å². The van der Waals surface area contributed by atoms with E-state index in [4.69, 9.17) is 0 Å². The Bertz CT molecular complexity index is 348. The van der Waals surface area contributed by atoms with Crippen LogP contribution in [0, 0.1) is 0 Å². The number of nitrogens with zero attached hydrogens (tertiary/aromatic N) is 1. The Kier molecular flexibility index (Phi) is 4.44. The van der Waals surface area contributed by atoms with Crippen molar-refractivity contribution in [1.82, 2.24) is 4.90 Å². The van der Waals surface area contributed by atoms with Crippen molar-refractivity contribution in [3.05, 3.63) is 11.1 Å². The maximum absolute atomic E-state index is 12.3. The molecule has 0 aromatic rings. The Morgan fingerprint density at radius 1 is 1.33 bits per heavy atom. The van der Waals surface area contributed by atoms with Crippen LogP contribution in [-0.2, 0) is 4.79 Å². The van der Waals surface area contributed by atoms with E-state index in [2.05, 4.69) is 13.8 Å². The summed E-state index contributed by atoms with van der Waals surface area (Å²) >= 11 is 0. The van der Waals surface area contributed by atoms with Crippen molar-refractivity contribution in [2.45, 2.75) is 77.5 Å². The highest BCUT2D eigenvalue weighted by Gasteiger charge is 2.40. The van der Waals surface area contributed by atoms with E-state index >= 15 is 0 Å². The van der Waals surface area contributed by atoms with E-state index < -0.39 is 6.23 Å². The normalized spacial score (nSPS) is 25.6. The summed E-state index contributed by atoms with van der Waals surface area (Å²) in [6.45, 7) is 4.25. The minimum absolute atomic E-state index is 0.0983. The lowest BCUT2D eigenvalue weighted by atomic mass is 9.93. The minimum Gasteiger partial charge on any atom is -0.369 e. The second kappa shape index (κ2) is 5.87. The molecule has 2 atom stereocenters. The molecule has 1 amide bonds. The zero-order chi connectivity index (χ0) is 13.1. The van der Waals surface area contributed by atoms with Gasteiger partial charge in [0.1, 0.15) is 0 Å². The Labute approximate surface area is 110 Å². The molecule has 0 bridgehead atoms. The van der Waals surface area contributed by atoms with Gasteiger partial charge in [-0.1, -0.05) is 26.2 Å². The molecule has 2 rings (SSSR count). The van der Waals surface area contributed by atoms with Crippen LogP contribution in [0.15, 0.2) is 11.1 Å². The third kappa shape index (κ3) is 2.46. The van der Waals surface area contributed by atoms with Gasteiger partial charge in [0.25, 0.3) is 5.91 Å². The number of hydrogen-bond acceptors (Lipinski definition) is 2. The maximum Gasteiger partial charge on any atom is 0.252 e. The predicted molar refractivity (Wildman–Crippen MR) is 72.0 cm³/mol. The molecule has 102 valence electrons. The van der Waals surface area contributed by atoms with Gasteiger partial charge < -0.3 is 10.0 Å². The molecule has 0 aromatic heterocycles. The smallest absolute Gasteiger partial charge is 0.252 e. The van der Waals surface area contributed by atoms with Crippen molar-refractivity contribution in [1.29, 1.82) is 0 Å². The van der Waals surface area contributed by atoms with Crippen molar-refractivity contribution in [3.63, 3.8) is 0 Å². The molecule has 0 saturated heterocycles. The fourth-order valence-electron chi connectivity index (χ4n) is 3.16. The molecular weight excluding hydrogens is 226 g/mol. The highest BCUT2D eigenvalue weighted by atomic mass is 16.3. The van der Waals surface area contributed by atoms with E-state index in [1.165, 1.54) is 12.8 Å². The summed E-state index contributed by atoms with van der Waals surface area (Å²) in [6.07, 6.45) is 7.87. The Hall–Kier alpha value is -0.830. The van der Waals surface area contributed by atoms with E-state index in [0.717, 1.165) is 49.7 Å². The molecular formula is C15H25NO2. The van der Waals surface area contributed by atoms with Crippen molar-refractivity contribution >= 4 is 5.91 Å². The van der Waals surface area contributed by atoms with Crippen molar-refractivity contribution in [3.8, 4) is 0 Å². The molecule has 0 unspecified atom stereocenters. The maximum atomic E-state index is 12.3. The zero-order valence-corrected chi connectivity index (χ0v) is 11.6. The van der Waals surface area contributed by atoms with Gasteiger partial charge in [-0.15, -0.1) is 0 Å². The van der Waals surface area contributed by atoms with Crippen LogP contribution in [0.2, 0.25) is 0 Å². The molecule has 2 aliphatic rings. The van der Waals surface area contributed by atoms with Crippen LogP contribution in [0.1, 0.15) is 65.2 Å². The number of carbonyl (C=O) groups excluding carboxylic acids is 1. The van der Waals surface area contributed by atoms with E-state index in [-0.39, 0.29) is 11.9 Å². The lowest BCUT2D eigenvalue weighted by Crippen LogP contribution is -2.42. The van der Waals surface area contributed by atoms with E-state index in [1.807, 2.05) is 0 Å². The molecule has 1 N–H and O–H groups in total. The highest BCUT2D eigenvalue weighted by Crippen LogP contribution is 2.36. The topological polar surface area (TPSA) is 40.5 Å². The zero-order valence-electron chi connectivity index (χ0n) is 11.6. The van der Waals surface area contributed by atoms with Gasteiger partial charge in [0.15, 0.2) is 6.23 Å². The number of rotatable bonds is 5. The van der Waals surface area contributed by atoms with Crippen LogP contribution in [0.5, 0.6) is 0 Å². The number of aliphatic hydroxyl groups excluding tert-OH is 1. The molecule has 0 spiro atoms. The fourth-order valence-corrected chi connectivity index (χ4v) is 3.16. The molecule has 3 heteroatoms. The summed E-state index contributed by atoms with van der Waals surface area (Å²) < 4.78 is 0. The number of hydrogen-bond donors (Lipinski definition) is 1. The van der Waals surface area contributed by atoms with Crippen molar-refractivity contribution < 1.29 is 9.90 Å². The number of aliphatic hydroxyl groups is 1. The van der Waals surface area contributed by atoms with E-state index in [9.17, 15) is 9.90 Å². The third-order valence-electron chi connectivity index (χ3n) is 4.28. The van der Waals surface area contributed by atoms with E-state index in [0.29, 0.717) is 0 Å². The molecule has 0 fully saturated rings. The summed E-state index contributed by atoms with van der Waals surface area (Å²) in [4.78, 5) is 14.0. The van der Waals surface area contributed by atoms with Crippen molar-refractivity contribution in [2.75, 3.05) is 0 Å². The van der Waals surface area contributed by atoms with Gasteiger partial charge in [-0.2, -0.15) is 0 Å². The lowest BCUT2D eigenvalue weighted by molar-refractivity contribution is -0.135. The summed E-state index contributed by atoms with van der Waals surface area (Å²) in [5.74, 6) is 0.0983. The summed E-state index contributed by atoms with van der Waals surface area (Å²) in [5.41, 5.74) is 1.92. The molecule has 0 aromatic carbocycles. The predicted octanol–water partition coefficient (Wildman–Crippen LogP) is 2.99. The standard InChI is InChI=1S/C15H25NO2/c1-3-4-5-8-11(2)16-14(17)12-9-6-7-10-13(12)15(16)18/h11,14,17H,3-10H2,1-2H3/t11-,14+/m1/s1. The van der Waals surface area contributed by atoms with Gasteiger partial charge in [0.2, 0.25) is 0 Å². The molecule has 1 aliphatic carbocycles. The minimum atomic E-state index is -0.635. The Balaban J connectivity index is 2.01. The molecule has 3 nitrogen and oxygen atoms in total. The quantitative estimate of drug-likeness (QED) is 0.763. The molecule has 0 saturated carbocycles. The third-order valence-corrected chi connectivity index (χ3v) is 4.28. The highest BCUT2D eigenvalue weighted by molar-refractivity contribution is 5.97. The van der Waals surface area contributed by atoms with Crippen LogP contribution in [0.4, 0.5) is 0 Å². The van der Waals surface area contributed by atoms with Gasteiger partial charge in [0.05, 0.1) is 0 Å². The first kappa shape index (κ1) is 13.6. The summed E-state index contributed by atoms with van der Waals surface area (Å²) in [7, 11) is 0. The first-order valence-electron chi connectivity index (χ1n) is 7.39. The van der Waals surface area contributed by atoms with Gasteiger partial charge in [0, 0.05) is 11.6 Å². The second-order valence-electron chi connectivity index (χ2n) is 5.64. The SMILES string of the molecule is CCCCC[C@@H](C)N1C(=O)C2=C(CCCC2)[C@@H]1O. The monoisotopic (exact) mass is 251 g/mol. The second-order valence-corrected chi connectivity index (χ2v) is 5.64. The number of amides is 1. The van der Waals surface area contributed by atoms with Crippen LogP contribution >= 0.6 is 0 Å². The first-order chi connectivity index (χ1) is 8.66. The fraction of sp³-hybridized carbons (Fsp3) is 0.800. The molecule has 0 radical (unpaired) electrons. The van der Waals surface area contributed by atoms with Gasteiger partial charge in [-0.05, 0) is 44.6 Å². The Morgan fingerprint density at radius 2 is 2.06 bits per heavy atom. The molecule has 18 heavy (non-hydrogen) atoms. The van der Waals surface area contributed by atoms with Crippen LogP contribution in [0.25, 0.3) is 0 Å². The number of unbranched alkanes of at least 4 members (excludes halogenated alkanes) is 2. The van der Waals surface area contributed by atoms with Crippen LogP contribution in [0.3, 0.4) is 0 Å². The van der Waals surface area contributed by atoms with Gasteiger partial charge in [-0.25, -0.2) is 0 Å². The average Bonchev–Trinajstić information content (AvgIpc) is 2.63. The largest absolute Gasteiger partial charge is 0.369 e. The molecule has 1 aliphatic heterocycles. The van der Waals surface area contributed by atoms with Crippen LogP contribution in [-0.4, -0.2) is 28.2 Å². The Morgan fingerprint density at radius 3 is 2.72 bits per heavy atom. The lowest BCUT2D eigenvalue weighted by Gasteiger charge is -2.29. The van der Waals surface area contributed by atoms with Gasteiger partial charge in [-0.3, -0.25) is 4.79 Å². The first-order valence-corrected chi connectivity index (χ1v) is 7.39. The molecule has 1 heterocycles.